The van der Waals surface area contributed by atoms with E-state index in [-0.39, 0.29) is 5.69 Å². The zero-order chi connectivity index (χ0) is 13.5. The van der Waals surface area contributed by atoms with E-state index in [1.165, 1.54) is 12.1 Å². The molecule has 0 aromatic heterocycles. The first kappa shape index (κ1) is 14.9. The summed E-state index contributed by atoms with van der Waals surface area (Å²) in [6.07, 6.45) is 0. The second-order valence-corrected chi connectivity index (χ2v) is 4.01. The van der Waals surface area contributed by atoms with Gasteiger partial charge < -0.3 is 15.0 Å². The maximum atomic E-state index is 13.9. The molecule has 1 aromatic carbocycles. The van der Waals surface area contributed by atoms with Crippen molar-refractivity contribution in [2.24, 2.45) is 0 Å². The highest BCUT2D eigenvalue weighted by Gasteiger charge is 2.16. The van der Waals surface area contributed by atoms with Crippen molar-refractivity contribution >= 4 is 5.69 Å². The van der Waals surface area contributed by atoms with Crippen LogP contribution in [0.3, 0.4) is 0 Å². The van der Waals surface area contributed by atoms with Crippen LogP contribution in [0.2, 0.25) is 0 Å². The molecule has 5 heteroatoms. The third kappa shape index (κ3) is 3.65. The molecule has 102 valence electrons. The fourth-order valence-electron chi connectivity index (χ4n) is 1.86. The summed E-state index contributed by atoms with van der Waals surface area (Å²) in [5.74, 6) is -1.06. The summed E-state index contributed by atoms with van der Waals surface area (Å²) in [6, 6.07) is 2.73. The van der Waals surface area contributed by atoms with E-state index in [0.29, 0.717) is 31.8 Å². The van der Waals surface area contributed by atoms with Crippen LogP contribution in [0.15, 0.2) is 12.1 Å². The van der Waals surface area contributed by atoms with Gasteiger partial charge in [0, 0.05) is 26.7 Å². The predicted molar refractivity (Wildman–Crippen MR) is 68.9 cm³/mol. The number of ether oxygens (including phenoxy) is 1. The van der Waals surface area contributed by atoms with E-state index in [0.717, 1.165) is 0 Å². The summed E-state index contributed by atoms with van der Waals surface area (Å²) in [4.78, 5) is 1.64. The van der Waals surface area contributed by atoms with Crippen molar-refractivity contribution in [2.75, 3.05) is 38.8 Å². The van der Waals surface area contributed by atoms with Gasteiger partial charge in [0.1, 0.15) is 17.3 Å². The number of hydrogen-bond acceptors (Lipinski definition) is 3. The first-order valence-electron chi connectivity index (χ1n) is 6.00. The van der Waals surface area contributed by atoms with Crippen molar-refractivity contribution < 1.29 is 13.5 Å². The van der Waals surface area contributed by atoms with Crippen molar-refractivity contribution in [3.05, 3.63) is 29.3 Å². The first-order valence-corrected chi connectivity index (χ1v) is 6.00. The lowest BCUT2D eigenvalue weighted by Crippen LogP contribution is -2.28. The monoisotopic (exact) mass is 258 g/mol. The number of benzene rings is 1. The lowest BCUT2D eigenvalue weighted by atomic mass is 10.1. The standard InChI is InChI=1S/C13H20F2N2O/c1-4-17(5-6-18-3)13-11(14)7-10(9-16-2)8-12(13)15/h7-8,16H,4-6,9H2,1-3H3. The third-order valence-electron chi connectivity index (χ3n) is 2.72. The van der Waals surface area contributed by atoms with Gasteiger partial charge in [-0.1, -0.05) is 0 Å². The van der Waals surface area contributed by atoms with E-state index in [9.17, 15) is 8.78 Å². The van der Waals surface area contributed by atoms with Crippen molar-refractivity contribution in [1.29, 1.82) is 0 Å². The molecular weight excluding hydrogens is 238 g/mol. The quantitative estimate of drug-likeness (QED) is 0.811. The summed E-state index contributed by atoms with van der Waals surface area (Å²) >= 11 is 0. The van der Waals surface area contributed by atoms with Gasteiger partial charge in [-0.2, -0.15) is 0 Å². The SMILES string of the molecule is CCN(CCOC)c1c(F)cc(CNC)cc1F. The number of anilines is 1. The smallest absolute Gasteiger partial charge is 0.149 e. The highest BCUT2D eigenvalue weighted by molar-refractivity contribution is 5.50. The lowest BCUT2D eigenvalue weighted by molar-refractivity contribution is 0.205. The number of rotatable bonds is 7. The highest BCUT2D eigenvalue weighted by Crippen LogP contribution is 2.24. The van der Waals surface area contributed by atoms with Crippen LogP contribution in [0.4, 0.5) is 14.5 Å². The molecule has 3 nitrogen and oxygen atoms in total. The molecule has 0 aliphatic heterocycles. The molecule has 0 saturated carbocycles. The predicted octanol–water partition coefficient (Wildman–Crippen LogP) is 2.16. The van der Waals surface area contributed by atoms with Crippen LogP contribution < -0.4 is 10.2 Å². The van der Waals surface area contributed by atoms with Crippen molar-refractivity contribution in [3.63, 3.8) is 0 Å². The largest absolute Gasteiger partial charge is 0.383 e. The molecule has 0 saturated heterocycles. The molecule has 0 unspecified atom stereocenters. The minimum absolute atomic E-state index is 0.0226. The molecule has 1 N–H and O–H groups in total. The van der Waals surface area contributed by atoms with Gasteiger partial charge in [-0.05, 0) is 31.7 Å². The van der Waals surface area contributed by atoms with E-state index >= 15 is 0 Å². The Morgan fingerprint density at radius 3 is 2.33 bits per heavy atom. The Labute approximate surface area is 107 Å². The molecule has 0 spiro atoms. The minimum Gasteiger partial charge on any atom is -0.383 e. The van der Waals surface area contributed by atoms with Crippen LogP contribution in [0.25, 0.3) is 0 Å². The summed E-state index contributed by atoms with van der Waals surface area (Å²) in [6.45, 7) is 3.73. The Hall–Kier alpha value is -1.20. The first-order chi connectivity index (χ1) is 8.63. The molecule has 0 amide bonds. The van der Waals surface area contributed by atoms with E-state index < -0.39 is 11.6 Å². The normalized spacial score (nSPS) is 10.7. The summed E-state index contributed by atoms with van der Waals surface area (Å²) < 4.78 is 32.8. The second-order valence-electron chi connectivity index (χ2n) is 4.01. The zero-order valence-electron chi connectivity index (χ0n) is 11.1. The third-order valence-corrected chi connectivity index (χ3v) is 2.72. The number of halogens is 2. The molecule has 1 aromatic rings. The van der Waals surface area contributed by atoms with Gasteiger partial charge in [-0.3, -0.25) is 0 Å². The maximum absolute atomic E-state index is 13.9. The topological polar surface area (TPSA) is 24.5 Å². The van der Waals surface area contributed by atoms with Crippen LogP contribution in [0.1, 0.15) is 12.5 Å². The van der Waals surface area contributed by atoms with Crippen LogP contribution >= 0.6 is 0 Å². The number of nitrogens with one attached hydrogen (secondary N) is 1. The Morgan fingerprint density at radius 2 is 1.89 bits per heavy atom. The lowest BCUT2D eigenvalue weighted by Gasteiger charge is -2.24. The molecule has 0 aliphatic carbocycles. The molecule has 0 fully saturated rings. The molecule has 0 bridgehead atoms. The number of methoxy groups -OCH3 is 1. The van der Waals surface area contributed by atoms with Gasteiger partial charge in [0.15, 0.2) is 0 Å². The average Bonchev–Trinajstić information content (AvgIpc) is 2.33. The second kappa shape index (κ2) is 7.28. The molecular formula is C13H20F2N2O. The van der Waals surface area contributed by atoms with Gasteiger partial charge >= 0.3 is 0 Å². The van der Waals surface area contributed by atoms with E-state index in [1.807, 2.05) is 6.92 Å². The molecule has 0 atom stereocenters. The van der Waals surface area contributed by atoms with Crippen molar-refractivity contribution in [2.45, 2.75) is 13.5 Å². The van der Waals surface area contributed by atoms with E-state index in [4.69, 9.17) is 4.74 Å². The van der Waals surface area contributed by atoms with E-state index in [1.54, 1.807) is 19.1 Å². The summed E-state index contributed by atoms with van der Waals surface area (Å²) in [7, 11) is 3.30. The fraction of sp³-hybridized carbons (Fsp3) is 0.538. The minimum atomic E-state index is -0.529. The Morgan fingerprint density at radius 1 is 1.28 bits per heavy atom. The molecule has 18 heavy (non-hydrogen) atoms. The van der Waals surface area contributed by atoms with Gasteiger partial charge in [0.25, 0.3) is 0 Å². The molecule has 1 rings (SSSR count). The van der Waals surface area contributed by atoms with Crippen LogP contribution in [-0.2, 0) is 11.3 Å². The van der Waals surface area contributed by atoms with Crippen LogP contribution in [-0.4, -0.2) is 33.9 Å². The van der Waals surface area contributed by atoms with Crippen LogP contribution in [0.5, 0.6) is 0 Å². The summed E-state index contributed by atoms with van der Waals surface area (Å²) in [5.41, 5.74) is 0.619. The Bertz CT molecular complexity index is 362. The van der Waals surface area contributed by atoms with Crippen molar-refractivity contribution in [1.82, 2.24) is 5.32 Å². The summed E-state index contributed by atoms with van der Waals surface area (Å²) in [5, 5.41) is 2.87. The van der Waals surface area contributed by atoms with E-state index in [2.05, 4.69) is 5.32 Å². The van der Waals surface area contributed by atoms with Gasteiger partial charge in [0.05, 0.1) is 6.61 Å². The molecule has 0 aliphatic rings. The molecule has 0 heterocycles. The number of likely N-dealkylation sites (N-methyl/N-ethyl adjacent to an activating group) is 1. The maximum Gasteiger partial charge on any atom is 0.149 e. The fourth-order valence-corrected chi connectivity index (χ4v) is 1.86. The van der Waals surface area contributed by atoms with Gasteiger partial charge in [0.2, 0.25) is 0 Å². The Balaban J connectivity index is 2.99. The van der Waals surface area contributed by atoms with Crippen molar-refractivity contribution in [3.8, 4) is 0 Å². The zero-order valence-corrected chi connectivity index (χ0v) is 11.1. The van der Waals surface area contributed by atoms with Gasteiger partial charge in [-0.25, -0.2) is 8.78 Å². The number of nitrogens with zero attached hydrogens (tertiary/aromatic N) is 1. The van der Waals surface area contributed by atoms with Crippen LogP contribution in [0, 0.1) is 11.6 Å². The average molecular weight is 258 g/mol. The Kier molecular flexibility index (Phi) is 6.01. The highest BCUT2D eigenvalue weighted by atomic mass is 19.1. The number of hydrogen-bond donors (Lipinski definition) is 1. The molecule has 0 radical (unpaired) electrons. The van der Waals surface area contributed by atoms with Gasteiger partial charge in [-0.15, -0.1) is 0 Å².